The molecular formula is C11H15BrO3S. The second kappa shape index (κ2) is 5.80. The molecule has 0 aliphatic carbocycles. The first kappa shape index (κ1) is 13.7. The molecule has 0 bridgehead atoms. The summed E-state index contributed by atoms with van der Waals surface area (Å²) in [7, 11) is -3.14. The van der Waals surface area contributed by atoms with Gasteiger partial charge in [0.05, 0.1) is 11.5 Å². The zero-order chi connectivity index (χ0) is 12.2. The monoisotopic (exact) mass is 306 g/mol. The molecule has 0 fully saturated rings. The maximum absolute atomic E-state index is 11.8. The van der Waals surface area contributed by atoms with Crippen molar-refractivity contribution in [3.05, 3.63) is 34.3 Å². The number of aliphatic hydroxyl groups excluding tert-OH is 1. The van der Waals surface area contributed by atoms with Crippen LogP contribution >= 0.6 is 15.9 Å². The summed E-state index contributed by atoms with van der Waals surface area (Å²) < 4.78 is 24.4. The molecule has 90 valence electrons. The number of halogens is 1. The Kier molecular flexibility index (Phi) is 4.95. The van der Waals surface area contributed by atoms with Crippen molar-refractivity contribution in [3.8, 4) is 0 Å². The number of aliphatic hydroxyl groups is 1. The molecule has 3 nitrogen and oxygen atoms in total. The van der Waals surface area contributed by atoms with E-state index in [1.807, 2.05) is 12.1 Å². The second-order valence-electron chi connectivity index (χ2n) is 3.97. The molecule has 1 aromatic rings. The molecule has 0 amide bonds. The maximum atomic E-state index is 11.8. The van der Waals surface area contributed by atoms with Crippen LogP contribution in [0.5, 0.6) is 0 Å². The molecule has 0 aliphatic rings. The van der Waals surface area contributed by atoms with E-state index in [-0.39, 0.29) is 24.0 Å². The first-order valence-corrected chi connectivity index (χ1v) is 7.60. The van der Waals surface area contributed by atoms with Crippen molar-refractivity contribution in [3.63, 3.8) is 0 Å². The van der Waals surface area contributed by atoms with Crippen molar-refractivity contribution in [2.45, 2.75) is 12.7 Å². The van der Waals surface area contributed by atoms with Gasteiger partial charge in [-0.2, -0.15) is 0 Å². The molecule has 0 saturated heterocycles. The highest BCUT2D eigenvalue weighted by Crippen LogP contribution is 2.15. The highest BCUT2D eigenvalue weighted by molar-refractivity contribution is 9.10. The maximum Gasteiger partial charge on any atom is 0.154 e. The van der Waals surface area contributed by atoms with E-state index in [1.165, 1.54) is 0 Å². The predicted molar refractivity (Wildman–Crippen MR) is 67.9 cm³/mol. The van der Waals surface area contributed by atoms with Crippen molar-refractivity contribution in [2.24, 2.45) is 5.92 Å². The molecule has 0 saturated carbocycles. The number of hydrogen-bond acceptors (Lipinski definition) is 3. The minimum Gasteiger partial charge on any atom is -0.396 e. The number of benzene rings is 1. The predicted octanol–water partition coefficient (Wildman–Crippen LogP) is 1.99. The first-order chi connectivity index (χ1) is 7.43. The molecule has 0 unspecified atom stereocenters. The van der Waals surface area contributed by atoms with Gasteiger partial charge < -0.3 is 5.11 Å². The minimum absolute atomic E-state index is 0.0238. The van der Waals surface area contributed by atoms with E-state index in [2.05, 4.69) is 15.9 Å². The van der Waals surface area contributed by atoms with E-state index in [0.29, 0.717) is 0 Å². The van der Waals surface area contributed by atoms with Crippen LogP contribution < -0.4 is 0 Å². The largest absolute Gasteiger partial charge is 0.396 e. The molecule has 0 spiro atoms. The fourth-order valence-electron chi connectivity index (χ4n) is 1.43. The van der Waals surface area contributed by atoms with Crippen LogP contribution in [0, 0.1) is 5.92 Å². The third-order valence-corrected chi connectivity index (χ3v) is 4.47. The van der Waals surface area contributed by atoms with Crippen LogP contribution in [-0.2, 0) is 15.6 Å². The van der Waals surface area contributed by atoms with Gasteiger partial charge in [0.1, 0.15) is 0 Å². The zero-order valence-electron chi connectivity index (χ0n) is 9.06. The fourth-order valence-corrected chi connectivity index (χ4v) is 3.65. The Balaban J connectivity index is 2.73. The fraction of sp³-hybridized carbons (Fsp3) is 0.455. The third kappa shape index (κ3) is 4.63. The summed E-state index contributed by atoms with van der Waals surface area (Å²) in [5.74, 6) is -0.163. The summed E-state index contributed by atoms with van der Waals surface area (Å²) in [6.07, 6.45) is 0. The van der Waals surface area contributed by atoms with Gasteiger partial charge in [-0.3, -0.25) is 0 Å². The van der Waals surface area contributed by atoms with Crippen molar-refractivity contribution >= 4 is 25.8 Å². The van der Waals surface area contributed by atoms with E-state index in [4.69, 9.17) is 5.11 Å². The minimum atomic E-state index is -3.14. The lowest BCUT2D eigenvalue weighted by Gasteiger charge is -2.09. The lowest BCUT2D eigenvalue weighted by atomic mass is 10.2. The molecule has 1 N–H and O–H groups in total. The van der Waals surface area contributed by atoms with Crippen LogP contribution in [0.1, 0.15) is 12.5 Å². The molecule has 1 aromatic carbocycles. The third-order valence-electron chi connectivity index (χ3n) is 2.13. The molecule has 16 heavy (non-hydrogen) atoms. The highest BCUT2D eigenvalue weighted by Gasteiger charge is 2.16. The Labute approximate surface area is 105 Å². The number of hydrogen-bond donors (Lipinski definition) is 1. The van der Waals surface area contributed by atoms with Crippen LogP contribution in [0.2, 0.25) is 0 Å². The highest BCUT2D eigenvalue weighted by atomic mass is 79.9. The smallest absolute Gasteiger partial charge is 0.154 e. The lowest BCUT2D eigenvalue weighted by molar-refractivity contribution is 0.249. The summed E-state index contributed by atoms with van der Waals surface area (Å²) in [5.41, 5.74) is 0.763. The van der Waals surface area contributed by atoms with Crippen LogP contribution in [0.4, 0.5) is 0 Å². The van der Waals surface area contributed by atoms with Crippen LogP contribution in [-0.4, -0.2) is 25.9 Å². The van der Waals surface area contributed by atoms with E-state index in [0.717, 1.165) is 10.0 Å². The molecule has 0 aliphatic heterocycles. The summed E-state index contributed by atoms with van der Waals surface area (Å²) in [6.45, 7) is 1.62. The Hall–Kier alpha value is -0.390. The van der Waals surface area contributed by atoms with E-state index < -0.39 is 9.84 Å². The average molecular weight is 307 g/mol. The van der Waals surface area contributed by atoms with Crippen LogP contribution in [0.15, 0.2) is 28.7 Å². The molecule has 0 heterocycles. The van der Waals surface area contributed by atoms with Gasteiger partial charge in [-0.05, 0) is 23.6 Å². The van der Waals surface area contributed by atoms with Gasteiger partial charge in [-0.1, -0.05) is 35.0 Å². The Morgan fingerprint density at radius 2 is 2.12 bits per heavy atom. The van der Waals surface area contributed by atoms with Crippen molar-refractivity contribution in [2.75, 3.05) is 12.4 Å². The van der Waals surface area contributed by atoms with Crippen LogP contribution in [0.3, 0.4) is 0 Å². The number of sulfone groups is 1. The number of rotatable bonds is 5. The molecule has 1 atom stereocenters. The zero-order valence-corrected chi connectivity index (χ0v) is 11.5. The van der Waals surface area contributed by atoms with Gasteiger partial charge in [0.2, 0.25) is 0 Å². The Bertz CT molecular complexity index is 442. The summed E-state index contributed by atoms with van der Waals surface area (Å²) in [5, 5.41) is 8.84. The second-order valence-corrected chi connectivity index (χ2v) is 7.00. The average Bonchev–Trinajstić information content (AvgIpc) is 2.15. The SMILES string of the molecule is C[C@H](CO)CS(=O)(=O)Cc1cccc(Br)c1. The van der Waals surface area contributed by atoms with Crippen molar-refractivity contribution < 1.29 is 13.5 Å². The standard InChI is InChI=1S/C11H15BrO3S/c1-9(6-13)7-16(14,15)8-10-3-2-4-11(12)5-10/h2-5,9,13H,6-8H2,1H3/t9-/m1/s1. The van der Waals surface area contributed by atoms with E-state index in [9.17, 15) is 8.42 Å². The van der Waals surface area contributed by atoms with Gasteiger partial charge in [-0.15, -0.1) is 0 Å². The van der Waals surface area contributed by atoms with Gasteiger partial charge in [0.15, 0.2) is 9.84 Å². The normalized spacial score (nSPS) is 13.7. The molecule has 0 radical (unpaired) electrons. The van der Waals surface area contributed by atoms with Crippen molar-refractivity contribution in [1.82, 2.24) is 0 Å². The summed E-state index contributed by atoms with van der Waals surface area (Å²) in [6, 6.07) is 7.24. The summed E-state index contributed by atoms with van der Waals surface area (Å²) >= 11 is 3.30. The molecule has 1 rings (SSSR count). The summed E-state index contributed by atoms with van der Waals surface area (Å²) in [4.78, 5) is 0. The van der Waals surface area contributed by atoms with E-state index in [1.54, 1.807) is 19.1 Å². The first-order valence-electron chi connectivity index (χ1n) is 4.98. The quantitative estimate of drug-likeness (QED) is 0.905. The Morgan fingerprint density at radius 1 is 1.44 bits per heavy atom. The molecular weight excluding hydrogens is 292 g/mol. The Morgan fingerprint density at radius 3 is 2.69 bits per heavy atom. The van der Waals surface area contributed by atoms with Gasteiger partial charge in [0, 0.05) is 11.1 Å². The van der Waals surface area contributed by atoms with Crippen LogP contribution in [0.25, 0.3) is 0 Å². The molecule has 0 aromatic heterocycles. The van der Waals surface area contributed by atoms with Crippen molar-refractivity contribution in [1.29, 1.82) is 0 Å². The van der Waals surface area contributed by atoms with E-state index >= 15 is 0 Å². The topological polar surface area (TPSA) is 54.4 Å². The van der Waals surface area contributed by atoms with Gasteiger partial charge in [-0.25, -0.2) is 8.42 Å². The lowest BCUT2D eigenvalue weighted by Crippen LogP contribution is -2.18. The van der Waals surface area contributed by atoms with Gasteiger partial charge >= 0.3 is 0 Å². The molecule has 5 heteroatoms. The van der Waals surface area contributed by atoms with Gasteiger partial charge in [0.25, 0.3) is 0 Å².